The van der Waals surface area contributed by atoms with E-state index < -0.39 is 5.91 Å². The van der Waals surface area contributed by atoms with Crippen molar-refractivity contribution in [2.24, 2.45) is 11.7 Å². The average molecular weight is 420 g/mol. The predicted molar refractivity (Wildman–Crippen MR) is 121 cm³/mol. The van der Waals surface area contributed by atoms with Gasteiger partial charge >= 0.3 is 0 Å². The number of aromatic nitrogens is 2. The zero-order valence-corrected chi connectivity index (χ0v) is 18.0. The fourth-order valence-corrected chi connectivity index (χ4v) is 4.07. The molecule has 7 nitrogen and oxygen atoms in total. The lowest BCUT2D eigenvalue weighted by atomic mass is 10.0. The highest BCUT2D eigenvalue weighted by atomic mass is 16.2. The summed E-state index contributed by atoms with van der Waals surface area (Å²) in [6, 6.07) is 14.1. The van der Waals surface area contributed by atoms with Gasteiger partial charge in [-0.05, 0) is 36.6 Å². The molecule has 2 heterocycles. The van der Waals surface area contributed by atoms with E-state index in [1.807, 2.05) is 49.2 Å². The zero-order chi connectivity index (χ0) is 22.0. The standard InChI is InChI=1S/C24H29N5O2/c1-16(2)24(31)28-12-10-19(11-13-28)26-14-17-6-8-20(9-7-17)29-15-18-4-3-5-21(23(25)30)22(18)27-29/h3-9,15-16,19,26H,10-14H2,1-2H3,(H2,25,30). The van der Waals surface area contributed by atoms with Gasteiger partial charge in [-0.25, -0.2) is 4.68 Å². The first kappa shape index (κ1) is 21.1. The van der Waals surface area contributed by atoms with Gasteiger partial charge in [0.2, 0.25) is 5.91 Å². The van der Waals surface area contributed by atoms with Crippen molar-refractivity contribution >= 4 is 22.7 Å². The number of carbonyl (C=O) groups excluding carboxylic acids is 2. The van der Waals surface area contributed by atoms with Crippen LogP contribution in [0.1, 0.15) is 42.6 Å². The number of nitrogens with two attached hydrogens (primary N) is 1. The van der Waals surface area contributed by atoms with E-state index in [0.717, 1.165) is 43.5 Å². The van der Waals surface area contributed by atoms with E-state index in [1.54, 1.807) is 10.7 Å². The quantitative estimate of drug-likeness (QED) is 0.642. The summed E-state index contributed by atoms with van der Waals surface area (Å²) in [6.07, 6.45) is 3.87. The summed E-state index contributed by atoms with van der Waals surface area (Å²) in [4.78, 5) is 25.7. The van der Waals surface area contributed by atoms with Crippen molar-refractivity contribution in [3.05, 3.63) is 59.8 Å². The summed E-state index contributed by atoms with van der Waals surface area (Å²) in [6.45, 7) is 6.36. The molecule has 0 spiro atoms. The Morgan fingerprint density at radius 2 is 1.84 bits per heavy atom. The second-order valence-electron chi connectivity index (χ2n) is 8.48. The number of primary amides is 1. The first-order chi connectivity index (χ1) is 14.9. The van der Waals surface area contributed by atoms with Gasteiger partial charge in [-0.15, -0.1) is 0 Å². The van der Waals surface area contributed by atoms with E-state index in [-0.39, 0.29) is 11.8 Å². The van der Waals surface area contributed by atoms with E-state index in [9.17, 15) is 9.59 Å². The van der Waals surface area contributed by atoms with Gasteiger partial charge in [0.25, 0.3) is 5.91 Å². The molecule has 1 fully saturated rings. The van der Waals surface area contributed by atoms with Crippen LogP contribution in [0.5, 0.6) is 0 Å². The molecule has 3 aromatic rings. The maximum Gasteiger partial charge on any atom is 0.250 e. The lowest BCUT2D eigenvalue weighted by Crippen LogP contribution is -2.45. The highest BCUT2D eigenvalue weighted by molar-refractivity contribution is 6.04. The molecule has 4 rings (SSSR count). The first-order valence-electron chi connectivity index (χ1n) is 10.8. The molecule has 162 valence electrons. The van der Waals surface area contributed by atoms with Gasteiger partial charge in [0.1, 0.15) is 5.52 Å². The number of amides is 2. The Balaban J connectivity index is 1.36. The van der Waals surface area contributed by atoms with Crippen LogP contribution in [0.25, 0.3) is 16.6 Å². The third kappa shape index (κ3) is 4.61. The van der Waals surface area contributed by atoms with Crippen molar-refractivity contribution in [1.29, 1.82) is 0 Å². The van der Waals surface area contributed by atoms with E-state index >= 15 is 0 Å². The van der Waals surface area contributed by atoms with Crippen molar-refractivity contribution in [2.75, 3.05) is 13.1 Å². The monoisotopic (exact) mass is 419 g/mol. The highest BCUT2D eigenvalue weighted by Crippen LogP contribution is 2.20. The molecule has 0 atom stereocenters. The van der Waals surface area contributed by atoms with Crippen molar-refractivity contribution in [1.82, 2.24) is 20.0 Å². The zero-order valence-electron chi connectivity index (χ0n) is 18.0. The normalized spacial score (nSPS) is 15.0. The maximum absolute atomic E-state index is 12.1. The van der Waals surface area contributed by atoms with Crippen LogP contribution in [0.4, 0.5) is 0 Å². The van der Waals surface area contributed by atoms with Crippen LogP contribution in [0, 0.1) is 5.92 Å². The van der Waals surface area contributed by atoms with Gasteiger partial charge in [0, 0.05) is 43.2 Å². The number of piperidine rings is 1. The molecule has 0 saturated carbocycles. The fraction of sp³-hybridized carbons (Fsp3) is 0.375. The van der Waals surface area contributed by atoms with Crippen LogP contribution in [0.15, 0.2) is 48.7 Å². The molecular weight excluding hydrogens is 390 g/mol. The minimum Gasteiger partial charge on any atom is -0.366 e. The summed E-state index contributed by atoms with van der Waals surface area (Å²) in [5.41, 5.74) is 8.63. The Labute approximate surface area is 182 Å². The molecule has 1 aliphatic heterocycles. The van der Waals surface area contributed by atoms with Crippen LogP contribution in [-0.4, -0.2) is 45.6 Å². The molecule has 3 N–H and O–H groups in total. The minimum atomic E-state index is -0.475. The first-order valence-corrected chi connectivity index (χ1v) is 10.8. The van der Waals surface area contributed by atoms with Gasteiger partial charge < -0.3 is 16.0 Å². The molecule has 2 amide bonds. The highest BCUT2D eigenvalue weighted by Gasteiger charge is 2.23. The fourth-order valence-electron chi connectivity index (χ4n) is 4.07. The average Bonchev–Trinajstić information content (AvgIpc) is 3.22. The van der Waals surface area contributed by atoms with Crippen LogP contribution < -0.4 is 11.1 Å². The van der Waals surface area contributed by atoms with Crippen LogP contribution in [-0.2, 0) is 11.3 Å². The number of fused-ring (bicyclic) bond motifs is 1. The minimum absolute atomic E-state index is 0.0674. The molecule has 1 aliphatic rings. The smallest absolute Gasteiger partial charge is 0.250 e. The van der Waals surface area contributed by atoms with Gasteiger partial charge in [-0.3, -0.25) is 9.59 Å². The summed E-state index contributed by atoms with van der Waals surface area (Å²) >= 11 is 0. The van der Waals surface area contributed by atoms with Gasteiger partial charge in [0.15, 0.2) is 0 Å². The molecular formula is C24H29N5O2. The summed E-state index contributed by atoms with van der Waals surface area (Å²) in [5, 5.41) is 9.05. The molecule has 1 aromatic heterocycles. The molecule has 0 bridgehead atoms. The van der Waals surface area contributed by atoms with Crippen LogP contribution in [0.3, 0.4) is 0 Å². The second-order valence-corrected chi connectivity index (χ2v) is 8.48. The number of hydrogen-bond donors (Lipinski definition) is 2. The Hall–Kier alpha value is -3.19. The maximum atomic E-state index is 12.1. The molecule has 0 radical (unpaired) electrons. The predicted octanol–water partition coefficient (Wildman–Crippen LogP) is 2.86. The van der Waals surface area contributed by atoms with Crippen molar-refractivity contribution in [3.8, 4) is 5.69 Å². The summed E-state index contributed by atoms with van der Waals surface area (Å²) < 4.78 is 1.77. The number of nitrogens with zero attached hydrogens (tertiary/aromatic N) is 3. The number of nitrogens with one attached hydrogen (secondary N) is 1. The van der Waals surface area contributed by atoms with Gasteiger partial charge in [0.05, 0.1) is 11.3 Å². The number of rotatable bonds is 6. The molecule has 7 heteroatoms. The van der Waals surface area contributed by atoms with Gasteiger partial charge in [-0.1, -0.05) is 38.1 Å². The van der Waals surface area contributed by atoms with Crippen molar-refractivity contribution < 1.29 is 9.59 Å². The number of hydrogen-bond acceptors (Lipinski definition) is 4. The largest absolute Gasteiger partial charge is 0.366 e. The topological polar surface area (TPSA) is 93.3 Å². The molecule has 0 aliphatic carbocycles. The van der Waals surface area contributed by atoms with E-state index in [1.165, 1.54) is 5.56 Å². The third-order valence-electron chi connectivity index (χ3n) is 5.90. The van der Waals surface area contributed by atoms with Crippen molar-refractivity contribution in [3.63, 3.8) is 0 Å². The van der Waals surface area contributed by atoms with Crippen molar-refractivity contribution in [2.45, 2.75) is 39.3 Å². The summed E-state index contributed by atoms with van der Waals surface area (Å²) in [7, 11) is 0. The number of likely N-dealkylation sites (tertiary alicyclic amines) is 1. The van der Waals surface area contributed by atoms with Crippen LogP contribution >= 0.6 is 0 Å². The van der Waals surface area contributed by atoms with Crippen LogP contribution in [0.2, 0.25) is 0 Å². The van der Waals surface area contributed by atoms with Gasteiger partial charge in [-0.2, -0.15) is 5.10 Å². The Kier molecular flexibility index (Phi) is 6.04. The summed E-state index contributed by atoms with van der Waals surface area (Å²) in [5.74, 6) is -0.155. The SMILES string of the molecule is CC(C)C(=O)N1CCC(NCc2ccc(-n3cc4cccc(C(N)=O)c4n3)cc2)CC1. The molecule has 1 saturated heterocycles. The third-order valence-corrected chi connectivity index (χ3v) is 5.90. The Bertz CT molecular complexity index is 1080. The van der Waals surface area contributed by atoms with E-state index in [2.05, 4.69) is 22.5 Å². The molecule has 0 unspecified atom stereocenters. The Morgan fingerprint density at radius 1 is 1.13 bits per heavy atom. The number of carbonyl (C=O) groups is 2. The molecule has 31 heavy (non-hydrogen) atoms. The van der Waals surface area contributed by atoms with E-state index in [0.29, 0.717) is 17.1 Å². The molecule has 2 aromatic carbocycles. The van der Waals surface area contributed by atoms with E-state index in [4.69, 9.17) is 5.73 Å². The lowest BCUT2D eigenvalue weighted by molar-refractivity contribution is -0.135. The lowest BCUT2D eigenvalue weighted by Gasteiger charge is -2.33. The second kappa shape index (κ2) is 8.89. The Morgan fingerprint density at radius 3 is 2.48 bits per heavy atom. The number of benzene rings is 2.